The minimum atomic E-state index is -0.475. The Morgan fingerprint density at radius 3 is 2.69 bits per heavy atom. The Hall–Kier alpha value is -3.23. The molecule has 0 saturated heterocycles. The van der Waals surface area contributed by atoms with Gasteiger partial charge >= 0.3 is 0 Å². The summed E-state index contributed by atoms with van der Waals surface area (Å²) in [4.78, 5) is 25.0. The molecule has 0 aliphatic rings. The maximum atomic E-state index is 12.6. The molecule has 29 heavy (non-hydrogen) atoms. The molecule has 1 unspecified atom stereocenters. The Balaban J connectivity index is 1.72. The summed E-state index contributed by atoms with van der Waals surface area (Å²) in [6.07, 6.45) is 1.59. The normalized spacial score (nSPS) is 12.0. The van der Waals surface area contributed by atoms with Gasteiger partial charge in [0.2, 0.25) is 0 Å². The third kappa shape index (κ3) is 4.79. The quantitative estimate of drug-likeness (QED) is 0.473. The fourth-order valence-corrected chi connectivity index (χ4v) is 3.20. The third-order valence-corrected chi connectivity index (χ3v) is 4.81. The lowest BCUT2D eigenvalue weighted by molar-refractivity contribution is -0.384. The Labute approximate surface area is 172 Å². The van der Waals surface area contributed by atoms with Crippen molar-refractivity contribution >= 4 is 23.2 Å². The van der Waals surface area contributed by atoms with E-state index in [1.807, 2.05) is 43.3 Å². The van der Waals surface area contributed by atoms with Crippen LogP contribution in [0.3, 0.4) is 0 Å². The molecule has 1 N–H and O–H groups in total. The number of nitrogens with zero attached hydrogens (tertiary/aromatic N) is 4. The number of carbonyl (C=O) groups excluding carboxylic acids is 1. The molecule has 1 heterocycles. The summed E-state index contributed by atoms with van der Waals surface area (Å²) in [6.45, 7) is 0.346. The second-order valence-electron chi connectivity index (χ2n) is 6.63. The number of hydrogen-bond donors (Lipinski definition) is 1. The zero-order valence-electron chi connectivity index (χ0n) is 15.9. The number of benzene rings is 2. The smallest absolute Gasteiger partial charge is 0.271 e. The molecule has 3 aromatic rings. The average molecular weight is 414 g/mol. The topological polar surface area (TPSA) is 93.3 Å². The standard InChI is InChI=1S/C20H20ClN5O3/c1-24(2)19(16-8-3-4-9-17(16)21)13-22-20(27)18-10-11-25(23-18)14-6-5-7-15(12-14)26(28)29/h3-12,19H,13H2,1-2H3,(H,22,27). The maximum absolute atomic E-state index is 12.6. The van der Waals surface area contributed by atoms with Gasteiger partial charge in [0, 0.05) is 29.9 Å². The van der Waals surface area contributed by atoms with Gasteiger partial charge in [0.05, 0.1) is 16.7 Å². The molecule has 2 aromatic carbocycles. The van der Waals surface area contributed by atoms with Crippen LogP contribution in [0.1, 0.15) is 22.1 Å². The van der Waals surface area contributed by atoms with E-state index in [-0.39, 0.29) is 23.3 Å². The van der Waals surface area contributed by atoms with Gasteiger partial charge in [0.15, 0.2) is 5.69 Å². The Bertz CT molecular complexity index is 1030. The Kier molecular flexibility index (Phi) is 6.26. The largest absolute Gasteiger partial charge is 0.349 e. The number of rotatable bonds is 7. The fourth-order valence-electron chi connectivity index (χ4n) is 2.93. The van der Waals surface area contributed by atoms with Gasteiger partial charge in [-0.3, -0.25) is 14.9 Å². The van der Waals surface area contributed by atoms with E-state index >= 15 is 0 Å². The first kappa shape index (κ1) is 20.5. The summed E-state index contributed by atoms with van der Waals surface area (Å²) in [5.41, 5.74) is 1.59. The summed E-state index contributed by atoms with van der Waals surface area (Å²) >= 11 is 6.30. The van der Waals surface area contributed by atoms with Crippen LogP contribution in [0.25, 0.3) is 5.69 Å². The summed E-state index contributed by atoms with van der Waals surface area (Å²) < 4.78 is 1.43. The summed E-state index contributed by atoms with van der Waals surface area (Å²) in [5.74, 6) is -0.340. The van der Waals surface area contributed by atoms with Crippen LogP contribution >= 0.6 is 11.6 Å². The molecular formula is C20H20ClN5O3. The first-order chi connectivity index (χ1) is 13.9. The molecule has 1 amide bonds. The lowest BCUT2D eigenvalue weighted by Gasteiger charge is -2.25. The number of nitro groups is 1. The van der Waals surface area contributed by atoms with Crippen molar-refractivity contribution in [3.05, 3.63) is 87.2 Å². The second kappa shape index (κ2) is 8.85. The minimum absolute atomic E-state index is 0.0439. The Morgan fingerprint density at radius 1 is 1.24 bits per heavy atom. The molecule has 8 nitrogen and oxygen atoms in total. The Morgan fingerprint density at radius 2 is 2.00 bits per heavy atom. The number of carbonyl (C=O) groups is 1. The van der Waals surface area contributed by atoms with Crippen molar-refractivity contribution < 1.29 is 9.72 Å². The molecule has 0 spiro atoms. The van der Waals surface area contributed by atoms with E-state index in [0.717, 1.165) is 5.56 Å². The molecule has 0 fully saturated rings. The van der Waals surface area contributed by atoms with Crippen molar-refractivity contribution in [1.82, 2.24) is 20.0 Å². The molecule has 9 heteroatoms. The number of hydrogen-bond acceptors (Lipinski definition) is 5. The van der Waals surface area contributed by atoms with Gasteiger partial charge in [0.25, 0.3) is 11.6 Å². The van der Waals surface area contributed by atoms with E-state index in [1.165, 1.54) is 16.8 Å². The van der Waals surface area contributed by atoms with E-state index in [0.29, 0.717) is 17.3 Å². The lowest BCUT2D eigenvalue weighted by Crippen LogP contribution is -2.35. The molecule has 3 rings (SSSR count). The highest BCUT2D eigenvalue weighted by Crippen LogP contribution is 2.25. The third-order valence-electron chi connectivity index (χ3n) is 4.47. The van der Waals surface area contributed by atoms with Gasteiger partial charge in [-0.05, 0) is 37.9 Å². The number of likely N-dealkylation sites (N-methyl/N-ethyl adjacent to an activating group) is 1. The van der Waals surface area contributed by atoms with Crippen LogP contribution in [-0.2, 0) is 0 Å². The first-order valence-corrected chi connectivity index (χ1v) is 9.24. The maximum Gasteiger partial charge on any atom is 0.271 e. The van der Waals surface area contributed by atoms with Crippen LogP contribution in [0, 0.1) is 10.1 Å². The van der Waals surface area contributed by atoms with Gasteiger partial charge in [-0.2, -0.15) is 5.10 Å². The minimum Gasteiger partial charge on any atom is -0.349 e. The zero-order valence-corrected chi connectivity index (χ0v) is 16.7. The highest BCUT2D eigenvalue weighted by Gasteiger charge is 2.19. The van der Waals surface area contributed by atoms with Crippen LogP contribution < -0.4 is 5.32 Å². The number of halogens is 1. The van der Waals surface area contributed by atoms with Crippen molar-refractivity contribution in [2.45, 2.75) is 6.04 Å². The summed E-state index contributed by atoms with van der Waals surface area (Å²) in [6, 6.07) is 15.0. The predicted octanol–water partition coefficient (Wildman–Crippen LogP) is 3.47. The van der Waals surface area contributed by atoms with E-state index in [2.05, 4.69) is 10.4 Å². The number of aromatic nitrogens is 2. The molecule has 0 bridgehead atoms. The van der Waals surface area contributed by atoms with Crippen molar-refractivity contribution in [3.63, 3.8) is 0 Å². The number of non-ortho nitro benzene ring substituents is 1. The van der Waals surface area contributed by atoms with Crippen molar-refractivity contribution in [2.75, 3.05) is 20.6 Å². The van der Waals surface area contributed by atoms with Crippen molar-refractivity contribution in [3.8, 4) is 5.69 Å². The van der Waals surface area contributed by atoms with Crippen molar-refractivity contribution in [2.24, 2.45) is 0 Å². The van der Waals surface area contributed by atoms with Gasteiger partial charge < -0.3 is 10.2 Å². The molecule has 1 aromatic heterocycles. The van der Waals surface area contributed by atoms with E-state index in [4.69, 9.17) is 11.6 Å². The lowest BCUT2D eigenvalue weighted by atomic mass is 10.1. The number of nitrogens with one attached hydrogen (secondary N) is 1. The summed E-state index contributed by atoms with van der Waals surface area (Å²) in [7, 11) is 3.83. The highest BCUT2D eigenvalue weighted by molar-refractivity contribution is 6.31. The van der Waals surface area contributed by atoms with Gasteiger partial charge in [-0.25, -0.2) is 4.68 Å². The van der Waals surface area contributed by atoms with Crippen molar-refractivity contribution in [1.29, 1.82) is 0 Å². The van der Waals surface area contributed by atoms with Gasteiger partial charge in [-0.1, -0.05) is 35.9 Å². The number of amides is 1. The summed E-state index contributed by atoms with van der Waals surface area (Å²) in [5, 5.41) is 18.7. The predicted molar refractivity (Wildman–Crippen MR) is 110 cm³/mol. The van der Waals surface area contributed by atoms with Crippen LogP contribution in [0.5, 0.6) is 0 Å². The zero-order chi connectivity index (χ0) is 21.0. The van der Waals surface area contributed by atoms with Gasteiger partial charge in [-0.15, -0.1) is 0 Å². The average Bonchev–Trinajstić information content (AvgIpc) is 3.19. The van der Waals surface area contributed by atoms with Crippen LogP contribution in [0.4, 0.5) is 5.69 Å². The molecule has 0 aliphatic heterocycles. The monoisotopic (exact) mass is 413 g/mol. The number of nitro benzene ring substituents is 1. The molecule has 0 aliphatic carbocycles. The molecular weight excluding hydrogens is 394 g/mol. The van der Waals surface area contributed by atoms with E-state index in [9.17, 15) is 14.9 Å². The fraction of sp³-hybridized carbons (Fsp3) is 0.200. The molecule has 0 radical (unpaired) electrons. The van der Waals surface area contributed by atoms with Crippen LogP contribution in [0.15, 0.2) is 60.8 Å². The molecule has 150 valence electrons. The van der Waals surface area contributed by atoms with Crippen LogP contribution in [0.2, 0.25) is 5.02 Å². The first-order valence-electron chi connectivity index (χ1n) is 8.86. The van der Waals surface area contributed by atoms with E-state index < -0.39 is 4.92 Å². The molecule has 1 atom stereocenters. The van der Waals surface area contributed by atoms with Crippen LogP contribution in [-0.4, -0.2) is 46.2 Å². The van der Waals surface area contributed by atoms with Gasteiger partial charge in [0.1, 0.15) is 0 Å². The highest BCUT2D eigenvalue weighted by atomic mass is 35.5. The second-order valence-corrected chi connectivity index (χ2v) is 7.04. The SMILES string of the molecule is CN(C)C(CNC(=O)c1ccn(-c2cccc([N+](=O)[O-])c2)n1)c1ccccc1Cl. The van der Waals surface area contributed by atoms with E-state index in [1.54, 1.807) is 24.4 Å². The molecule has 0 saturated carbocycles.